The molecule has 0 aliphatic heterocycles. The number of nitrogens with zero attached hydrogens (tertiary/aromatic N) is 2. The summed E-state index contributed by atoms with van der Waals surface area (Å²) in [6.07, 6.45) is 6.06. The molecule has 1 aliphatic rings. The third-order valence-corrected chi connectivity index (χ3v) is 11.0. The second-order valence-electron chi connectivity index (χ2n) is 9.29. The van der Waals surface area contributed by atoms with E-state index in [1.807, 2.05) is 18.2 Å². The highest BCUT2D eigenvalue weighted by Gasteiger charge is 2.40. The van der Waals surface area contributed by atoms with Crippen molar-refractivity contribution in [1.82, 2.24) is 0 Å². The van der Waals surface area contributed by atoms with Gasteiger partial charge in [-0.1, -0.05) is 39.3 Å². The van der Waals surface area contributed by atoms with Crippen molar-refractivity contribution in [2.75, 3.05) is 11.4 Å². The second kappa shape index (κ2) is 8.98. The van der Waals surface area contributed by atoms with Crippen LogP contribution in [0.2, 0.25) is 23.2 Å². The summed E-state index contributed by atoms with van der Waals surface area (Å²) in [5.41, 5.74) is 1.67. The van der Waals surface area contributed by atoms with Crippen LogP contribution in [0, 0.1) is 11.3 Å². The third kappa shape index (κ3) is 5.50. The maximum absolute atomic E-state index is 9.15. The van der Waals surface area contributed by atoms with Crippen LogP contribution in [0.1, 0.15) is 65.4 Å². The zero-order valence-corrected chi connectivity index (χ0v) is 19.6. The Morgan fingerprint density at radius 3 is 2.56 bits per heavy atom. The maximum atomic E-state index is 9.15. The fourth-order valence-electron chi connectivity index (χ4n) is 3.64. The van der Waals surface area contributed by atoms with Crippen molar-refractivity contribution in [3.05, 3.63) is 28.8 Å². The lowest BCUT2D eigenvalue weighted by Crippen LogP contribution is -2.48. The van der Waals surface area contributed by atoms with E-state index in [9.17, 15) is 0 Å². The van der Waals surface area contributed by atoms with Crippen molar-refractivity contribution >= 4 is 25.6 Å². The van der Waals surface area contributed by atoms with Crippen LogP contribution in [0.5, 0.6) is 0 Å². The first-order chi connectivity index (χ1) is 12.6. The summed E-state index contributed by atoms with van der Waals surface area (Å²) in [4.78, 5) is 2.48. The molecule has 5 heteroatoms. The Balaban J connectivity index is 2.18. The monoisotopic (exact) mass is 406 g/mol. The van der Waals surface area contributed by atoms with Gasteiger partial charge < -0.3 is 9.33 Å². The van der Waals surface area contributed by atoms with E-state index in [0.29, 0.717) is 22.7 Å². The van der Waals surface area contributed by atoms with E-state index in [4.69, 9.17) is 21.3 Å². The summed E-state index contributed by atoms with van der Waals surface area (Å²) in [6.45, 7) is 14.8. The number of benzene rings is 1. The molecule has 0 spiro atoms. The first-order valence-corrected chi connectivity index (χ1v) is 13.5. The lowest BCUT2D eigenvalue weighted by atomic mass is 9.91. The number of hydrogen-bond donors (Lipinski definition) is 0. The predicted molar refractivity (Wildman–Crippen MR) is 118 cm³/mol. The van der Waals surface area contributed by atoms with Crippen molar-refractivity contribution in [3.8, 4) is 6.07 Å². The first-order valence-electron chi connectivity index (χ1n) is 10.2. The first kappa shape index (κ1) is 22.3. The molecule has 0 bridgehead atoms. The van der Waals surface area contributed by atoms with Crippen LogP contribution in [-0.2, 0) is 4.43 Å². The molecule has 1 aromatic rings. The molecule has 27 heavy (non-hydrogen) atoms. The van der Waals surface area contributed by atoms with Crippen LogP contribution in [-0.4, -0.2) is 27.0 Å². The van der Waals surface area contributed by atoms with Gasteiger partial charge in [0.05, 0.1) is 10.6 Å². The average Bonchev–Trinajstić information content (AvgIpc) is 2.58. The van der Waals surface area contributed by atoms with Gasteiger partial charge in [0.25, 0.3) is 0 Å². The van der Waals surface area contributed by atoms with Gasteiger partial charge in [-0.15, -0.1) is 0 Å². The van der Waals surface area contributed by atoms with Crippen LogP contribution < -0.4 is 4.90 Å². The van der Waals surface area contributed by atoms with Crippen LogP contribution in [0.3, 0.4) is 0 Å². The van der Waals surface area contributed by atoms with E-state index in [1.54, 1.807) is 0 Å². The quantitative estimate of drug-likeness (QED) is 0.489. The summed E-state index contributed by atoms with van der Waals surface area (Å²) in [7, 11) is -1.75. The number of rotatable bonds is 6. The lowest BCUT2D eigenvalue weighted by Gasteiger charge is -2.44. The largest absolute Gasteiger partial charge is 0.414 e. The van der Waals surface area contributed by atoms with Gasteiger partial charge in [0.15, 0.2) is 8.32 Å². The fourth-order valence-corrected chi connectivity index (χ4v) is 5.26. The zero-order valence-electron chi connectivity index (χ0n) is 17.8. The molecule has 3 nitrogen and oxygen atoms in total. The van der Waals surface area contributed by atoms with Gasteiger partial charge in [-0.2, -0.15) is 5.26 Å². The highest BCUT2D eigenvalue weighted by atomic mass is 35.5. The minimum atomic E-state index is -1.75. The van der Waals surface area contributed by atoms with Gasteiger partial charge in [0.2, 0.25) is 0 Å². The van der Waals surface area contributed by atoms with Gasteiger partial charge in [-0.05, 0) is 68.4 Å². The van der Waals surface area contributed by atoms with Crippen molar-refractivity contribution in [1.29, 1.82) is 5.26 Å². The van der Waals surface area contributed by atoms with E-state index in [0.717, 1.165) is 31.5 Å². The Morgan fingerprint density at radius 2 is 2.00 bits per heavy atom. The molecule has 0 saturated heterocycles. The standard InChI is InChI=1S/C22H35ClN2OSi/c1-7-13-25(19-12-11-17(16-24)21(23)15-19)18-9-8-10-20(14-18)26-27(5,6)22(2,3)4/h11-12,15,18,20H,7-10,13-14H2,1-6H3. The topological polar surface area (TPSA) is 36.3 Å². The summed E-state index contributed by atoms with van der Waals surface area (Å²) in [5, 5.41) is 9.93. The van der Waals surface area contributed by atoms with Gasteiger partial charge in [0.1, 0.15) is 6.07 Å². The fraction of sp³-hybridized carbons (Fsp3) is 0.682. The minimum Gasteiger partial charge on any atom is -0.414 e. The summed E-state index contributed by atoms with van der Waals surface area (Å²) in [6, 6.07) is 8.46. The maximum Gasteiger partial charge on any atom is 0.192 e. The minimum absolute atomic E-state index is 0.240. The van der Waals surface area contributed by atoms with E-state index < -0.39 is 8.32 Å². The van der Waals surface area contributed by atoms with Crippen LogP contribution in [0.25, 0.3) is 0 Å². The molecule has 2 unspecified atom stereocenters. The molecule has 0 aromatic heterocycles. The van der Waals surface area contributed by atoms with Crippen LogP contribution in [0.15, 0.2) is 18.2 Å². The van der Waals surface area contributed by atoms with E-state index >= 15 is 0 Å². The molecule has 0 radical (unpaired) electrons. The molecule has 1 saturated carbocycles. The highest BCUT2D eigenvalue weighted by Crippen LogP contribution is 2.40. The SMILES string of the molecule is CCCN(c1ccc(C#N)c(Cl)c1)C1CCCC(O[Si](C)(C)C(C)(C)C)C1. The summed E-state index contributed by atoms with van der Waals surface area (Å²) < 4.78 is 6.74. The highest BCUT2D eigenvalue weighted by molar-refractivity contribution is 6.74. The second-order valence-corrected chi connectivity index (χ2v) is 14.5. The number of nitriles is 1. The molecular formula is C22H35ClN2OSi. The van der Waals surface area contributed by atoms with Crippen molar-refractivity contribution in [3.63, 3.8) is 0 Å². The molecule has 0 amide bonds. The Labute approximate surface area is 171 Å². The van der Waals surface area contributed by atoms with Gasteiger partial charge >= 0.3 is 0 Å². The predicted octanol–water partition coefficient (Wildman–Crippen LogP) is 6.76. The number of anilines is 1. The van der Waals surface area contributed by atoms with Gasteiger partial charge in [-0.3, -0.25) is 0 Å². The molecule has 2 rings (SSSR count). The molecule has 150 valence electrons. The van der Waals surface area contributed by atoms with E-state index in [-0.39, 0.29) is 5.04 Å². The van der Waals surface area contributed by atoms with Gasteiger partial charge in [0, 0.05) is 24.4 Å². The Bertz CT molecular complexity index is 678. The van der Waals surface area contributed by atoms with E-state index in [1.165, 1.54) is 12.8 Å². The van der Waals surface area contributed by atoms with Crippen molar-refractivity contribution in [2.45, 2.75) is 90.1 Å². The molecule has 0 heterocycles. The lowest BCUT2D eigenvalue weighted by molar-refractivity contribution is 0.126. The summed E-state index contributed by atoms with van der Waals surface area (Å²) >= 11 is 6.31. The molecule has 2 atom stereocenters. The Morgan fingerprint density at radius 1 is 1.30 bits per heavy atom. The molecule has 1 fully saturated rings. The van der Waals surface area contributed by atoms with Gasteiger partial charge in [-0.25, -0.2) is 0 Å². The zero-order chi connectivity index (χ0) is 20.2. The smallest absolute Gasteiger partial charge is 0.192 e. The Kier molecular flexibility index (Phi) is 7.41. The molecule has 1 aromatic carbocycles. The molecular weight excluding hydrogens is 372 g/mol. The van der Waals surface area contributed by atoms with E-state index in [2.05, 4.69) is 51.8 Å². The van der Waals surface area contributed by atoms with Crippen molar-refractivity contribution in [2.24, 2.45) is 0 Å². The number of hydrogen-bond acceptors (Lipinski definition) is 3. The van der Waals surface area contributed by atoms with Crippen LogP contribution in [0.4, 0.5) is 5.69 Å². The number of halogens is 1. The average molecular weight is 407 g/mol. The molecule has 0 N–H and O–H groups in total. The normalized spacial score (nSPS) is 21.0. The Hall–Kier alpha value is -1.02. The third-order valence-electron chi connectivity index (χ3n) is 6.18. The van der Waals surface area contributed by atoms with Crippen molar-refractivity contribution < 1.29 is 4.43 Å². The summed E-state index contributed by atoms with van der Waals surface area (Å²) in [5.74, 6) is 0. The molecule has 1 aliphatic carbocycles. The van der Waals surface area contributed by atoms with Crippen LogP contribution >= 0.6 is 11.6 Å².